The van der Waals surface area contributed by atoms with Crippen molar-refractivity contribution in [3.05, 3.63) is 23.8 Å². The molecule has 0 saturated heterocycles. The average Bonchev–Trinajstić information content (AvgIpc) is 2.51. The molecular formula is C13H20N6O4. The lowest BCUT2D eigenvalue weighted by Gasteiger charge is -2.20. The van der Waals surface area contributed by atoms with Crippen molar-refractivity contribution < 1.29 is 19.1 Å². The molecule has 0 saturated carbocycles. The van der Waals surface area contributed by atoms with Crippen LogP contribution in [0.2, 0.25) is 0 Å². The number of hydrogen-bond acceptors (Lipinski definition) is 6. The van der Waals surface area contributed by atoms with Gasteiger partial charge in [-0.05, 0) is 30.2 Å². The molecule has 0 aliphatic heterocycles. The first-order valence-corrected chi connectivity index (χ1v) is 6.74. The summed E-state index contributed by atoms with van der Waals surface area (Å²) < 4.78 is 5.07. The number of carbonyl (C=O) groups is 3. The second-order valence-electron chi connectivity index (χ2n) is 4.68. The Morgan fingerprint density at radius 3 is 1.87 bits per heavy atom. The molecule has 0 aliphatic rings. The predicted molar refractivity (Wildman–Crippen MR) is 83.6 cm³/mol. The molecule has 10 nitrogen and oxygen atoms in total. The van der Waals surface area contributed by atoms with Crippen molar-refractivity contribution in [3.63, 3.8) is 0 Å². The van der Waals surface area contributed by atoms with Crippen molar-refractivity contribution >= 4 is 29.4 Å². The Labute approximate surface area is 132 Å². The molecule has 1 aromatic carbocycles. The zero-order valence-electron chi connectivity index (χ0n) is 12.7. The number of anilines is 2. The van der Waals surface area contributed by atoms with Gasteiger partial charge in [-0.3, -0.25) is 4.79 Å². The lowest BCUT2D eigenvalue weighted by Crippen LogP contribution is -2.43. The number of primary amides is 2. The van der Waals surface area contributed by atoms with Crippen LogP contribution in [0.1, 0.15) is 25.3 Å². The fraction of sp³-hybridized carbons (Fsp3) is 0.308. The third-order valence-electron chi connectivity index (χ3n) is 2.85. The van der Waals surface area contributed by atoms with Crippen molar-refractivity contribution in [1.82, 2.24) is 0 Å². The van der Waals surface area contributed by atoms with E-state index in [9.17, 15) is 14.4 Å². The van der Waals surface area contributed by atoms with Crippen LogP contribution in [0, 0.1) is 0 Å². The van der Waals surface area contributed by atoms with E-state index < -0.39 is 12.1 Å². The number of esters is 1. The van der Waals surface area contributed by atoms with Gasteiger partial charge in [0.15, 0.2) is 0 Å². The van der Waals surface area contributed by atoms with Gasteiger partial charge in [-0.15, -0.1) is 0 Å². The van der Waals surface area contributed by atoms with Gasteiger partial charge in [-0.25, -0.2) is 31.3 Å². The van der Waals surface area contributed by atoms with Crippen LogP contribution >= 0.6 is 0 Å². The number of hydrazine groups is 2. The molecule has 0 atom stereocenters. The summed E-state index contributed by atoms with van der Waals surface area (Å²) in [6.45, 7) is 1.76. The molecule has 1 rings (SSSR count). The van der Waals surface area contributed by atoms with E-state index in [1.165, 1.54) is 18.2 Å². The molecule has 0 aromatic heterocycles. The molecular weight excluding hydrogens is 304 g/mol. The van der Waals surface area contributed by atoms with E-state index in [-0.39, 0.29) is 30.4 Å². The number of benzene rings is 1. The first kappa shape index (κ1) is 18.2. The molecule has 10 heteroatoms. The lowest BCUT2D eigenvalue weighted by molar-refractivity contribution is -0.144. The summed E-state index contributed by atoms with van der Waals surface area (Å²) >= 11 is 0. The number of carbonyl (C=O) groups excluding carboxylic acids is 3. The number of hydrogen-bond donors (Lipinski definition) is 4. The molecule has 1 aromatic rings. The molecule has 0 heterocycles. The Hall–Kier alpha value is -2.85. The Morgan fingerprint density at radius 2 is 1.48 bits per heavy atom. The highest BCUT2D eigenvalue weighted by molar-refractivity contribution is 5.93. The molecule has 0 aliphatic carbocycles. The second-order valence-corrected chi connectivity index (χ2v) is 4.68. The molecule has 0 fully saturated rings. The SMILES string of the molecule is CCCC(=O)OCc1cc(N(N)C(N)=O)cc(N(N)C(N)=O)c1. The molecule has 0 spiro atoms. The van der Waals surface area contributed by atoms with Gasteiger partial charge in [0, 0.05) is 6.42 Å². The van der Waals surface area contributed by atoms with E-state index in [2.05, 4.69) is 0 Å². The van der Waals surface area contributed by atoms with Crippen LogP contribution in [0.4, 0.5) is 21.0 Å². The van der Waals surface area contributed by atoms with Gasteiger partial charge in [0.05, 0.1) is 11.4 Å². The number of urea groups is 2. The fourth-order valence-electron chi connectivity index (χ4n) is 1.71. The lowest BCUT2D eigenvalue weighted by atomic mass is 10.1. The Morgan fingerprint density at radius 1 is 1.00 bits per heavy atom. The molecule has 4 amide bonds. The third-order valence-corrected chi connectivity index (χ3v) is 2.85. The summed E-state index contributed by atoms with van der Waals surface area (Å²) in [6.07, 6.45) is 0.932. The quantitative estimate of drug-likeness (QED) is 0.249. The molecule has 8 N–H and O–H groups in total. The summed E-state index contributed by atoms with van der Waals surface area (Å²) in [5.74, 6) is 10.7. The summed E-state index contributed by atoms with van der Waals surface area (Å²) in [5.41, 5.74) is 11.0. The van der Waals surface area contributed by atoms with Crippen molar-refractivity contribution in [2.75, 3.05) is 10.0 Å². The van der Waals surface area contributed by atoms with E-state index in [4.69, 9.17) is 27.9 Å². The van der Waals surface area contributed by atoms with E-state index >= 15 is 0 Å². The minimum absolute atomic E-state index is 0.0844. The molecule has 0 radical (unpaired) electrons. The Balaban J connectivity index is 3.10. The smallest absolute Gasteiger partial charge is 0.333 e. The van der Waals surface area contributed by atoms with Crippen molar-refractivity contribution in [1.29, 1.82) is 0 Å². The number of nitrogens with two attached hydrogens (primary N) is 4. The molecule has 0 bridgehead atoms. The topological polar surface area (TPSA) is 171 Å². The number of amides is 4. The summed E-state index contributed by atoms with van der Waals surface area (Å²) in [5, 5.41) is 1.32. The summed E-state index contributed by atoms with van der Waals surface area (Å²) in [4.78, 5) is 33.8. The maximum absolute atomic E-state index is 11.4. The van der Waals surface area contributed by atoms with Crippen molar-refractivity contribution in [2.24, 2.45) is 23.2 Å². The van der Waals surface area contributed by atoms with Gasteiger partial charge in [0.25, 0.3) is 0 Å². The van der Waals surface area contributed by atoms with Gasteiger partial charge in [0.2, 0.25) is 0 Å². The second kappa shape index (κ2) is 7.96. The van der Waals surface area contributed by atoms with Gasteiger partial charge in [-0.2, -0.15) is 0 Å². The highest BCUT2D eigenvalue weighted by atomic mass is 16.5. The van der Waals surface area contributed by atoms with Crippen molar-refractivity contribution in [3.8, 4) is 0 Å². The highest BCUT2D eigenvalue weighted by Crippen LogP contribution is 2.23. The van der Waals surface area contributed by atoms with E-state index in [1.54, 1.807) is 0 Å². The minimum Gasteiger partial charge on any atom is -0.461 e. The van der Waals surface area contributed by atoms with Crippen LogP contribution in [-0.4, -0.2) is 18.0 Å². The predicted octanol–water partition coefficient (Wildman–Crippen LogP) is 0.0475. The van der Waals surface area contributed by atoms with Crippen LogP contribution < -0.4 is 33.2 Å². The summed E-state index contributed by atoms with van der Waals surface area (Å²) in [6, 6.07) is 2.45. The number of nitrogens with zero attached hydrogens (tertiary/aromatic N) is 2. The van der Waals surface area contributed by atoms with Gasteiger partial charge < -0.3 is 16.2 Å². The maximum Gasteiger partial charge on any atom is 0.333 e. The average molecular weight is 324 g/mol. The van der Waals surface area contributed by atoms with Crippen LogP contribution in [0.5, 0.6) is 0 Å². The van der Waals surface area contributed by atoms with Crippen LogP contribution in [-0.2, 0) is 16.1 Å². The zero-order chi connectivity index (χ0) is 17.6. The number of rotatable bonds is 6. The highest BCUT2D eigenvalue weighted by Gasteiger charge is 2.15. The van der Waals surface area contributed by atoms with E-state index in [0.29, 0.717) is 22.0 Å². The number of ether oxygens (including phenoxy) is 1. The van der Waals surface area contributed by atoms with E-state index in [0.717, 1.165) is 0 Å². The monoisotopic (exact) mass is 324 g/mol. The Bertz CT molecular complexity index is 568. The zero-order valence-corrected chi connectivity index (χ0v) is 12.7. The Kier molecular flexibility index (Phi) is 6.30. The van der Waals surface area contributed by atoms with Crippen LogP contribution in [0.3, 0.4) is 0 Å². The first-order chi connectivity index (χ1) is 10.8. The first-order valence-electron chi connectivity index (χ1n) is 6.74. The maximum atomic E-state index is 11.4. The van der Waals surface area contributed by atoms with Gasteiger partial charge in [0.1, 0.15) is 6.61 Å². The van der Waals surface area contributed by atoms with Crippen LogP contribution in [0.25, 0.3) is 0 Å². The standard InChI is InChI=1S/C13H20N6O4/c1-2-3-11(20)23-7-8-4-9(18(16)12(14)21)6-10(5-8)19(17)13(15)22/h4-6H,2-3,7,16-17H2,1H3,(H2,14,21)(H2,15,22). The third kappa shape index (κ3) is 5.13. The van der Waals surface area contributed by atoms with Crippen molar-refractivity contribution in [2.45, 2.75) is 26.4 Å². The normalized spacial score (nSPS) is 10.0. The molecule has 126 valence electrons. The van der Waals surface area contributed by atoms with E-state index in [1.807, 2.05) is 6.92 Å². The fourth-order valence-corrected chi connectivity index (χ4v) is 1.71. The minimum atomic E-state index is -0.918. The molecule has 0 unspecified atom stereocenters. The summed E-state index contributed by atoms with van der Waals surface area (Å²) in [7, 11) is 0. The van der Waals surface area contributed by atoms with Gasteiger partial charge in [-0.1, -0.05) is 6.92 Å². The van der Waals surface area contributed by atoms with Gasteiger partial charge >= 0.3 is 18.0 Å². The van der Waals surface area contributed by atoms with Crippen LogP contribution in [0.15, 0.2) is 18.2 Å². The largest absolute Gasteiger partial charge is 0.461 e. The molecule has 23 heavy (non-hydrogen) atoms.